The summed E-state index contributed by atoms with van der Waals surface area (Å²) in [6.07, 6.45) is 1.31. The van der Waals surface area contributed by atoms with Crippen LogP contribution in [0.5, 0.6) is 0 Å². The molecule has 1 aromatic heterocycles. The third-order valence-electron chi connectivity index (χ3n) is 4.51. The molecule has 2 aromatic rings. The number of amides is 1. The molecule has 0 bridgehead atoms. The minimum absolute atomic E-state index is 0.112. The monoisotopic (exact) mass is 344 g/mol. The first kappa shape index (κ1) is 16.6. The maximum Gasteiger partial charge on any atom is 0.311 e. The molecule has 126 valence electrons. The van der Waals surface area contributed by atoms with Gasteiger partial charge in [0.15, 0.2) is 0 Å². The van der Waals surface area contributed by atoms with Crippen LogP contribution in [0.1, 0.15) is 35.1 Å². The molecule has 1 unspecified atom stereocenters. The molecule has 0 saturated carbocycles. The predicted octanol–water partition coefficient (Wildman–Crippen LogP) is 3.45. The van der Waals surface area contributed by atoms with Crippen LogP contribution in [0.2, 0.25) is 0 Å². The van der Waals surface area contributed by atoms with Gasteiger partial charge in [-0.1, -0.05) is 30.3 Å². The first-order valence-corrected chi connectivity index (χ1v) is 8.78. The SMILES string of the molecule is Cc1nc(-c2ccccc2)sc1C(=O)N1CCCC(C)(C(=O)O)C1. The molecule has 1 aliphatic rings. The number of carbonyl (C=O) groups is 2. The highest BCUT2D eigenvalue weighted by atomic mass is 32.1. The number of hydrogen-bond acceptors (Lipinski definition) is 4. The average Bonchev–Trinajstić information content (AvgIpc) is 2.97. The van der Waals surface area contributed by atoms with Crippen LogP contribution in [0.3, 0.4) is 0 Å². The molecule has 0 radical (unpaired) electrons. The summed E-state index contributed by atoms with van der Waals surface area (Å²) in [6, 6.07) is 9.76. The van der Waals surface area contributed by atoms with Gasteiger partial charge in [-0.3, -0.25) is 9.59 Å². The number of hydrogen-bond donors (Lipinski definition) is 1. The third kappa shape index (κ3) is 3.06. The fourth-order valence-electron chi connectivity index (χ4n) is 3.03. The van der Waals surface area contributed by atoms with E-state index in [4.69, 9.17) is 0 Å². The van der Waals surface area contributed by atoms with Crippen LogP contribution in [0.4, 0.5) is 0 Å². The maximum atomic E-state index is 12.9. The lowest BCUT2D eigenvalue weighted by Crippen LogP contribution is -2.48. The lowest BCUT2D eigenvalue weighted by molar-refractivity contribution is -0.150. The van der Waals surface area contributed by atoms with Crippen LogP contribution in [-0.4, -0.2) is 40.0 Å². The number of carboxylic acids is 1. The van der Waals surface area contributed by atoms with Gasteiger partial charge in [0.1, 0.15) is 9.88 Å². The zero-order valence-electron chi connectivity index (χ0n) is 13.8. The van der Waals surface area contributed by atoms with E-state index < -0.39 is 11.4 Å². The van der Waals surface area contributed by atoms with Gasteiger partial charge in [-0.05, 0) is 26.7 Å². The molecule has 3 rings (SSSR count). The number of thiazole rings is 1. The van der Waals surface area contributed by atoms with Crippen molar-refractivity contribution in [3.8, 4) is 10.6 Å². The van der Waals surface area contributed by atoms with Crippen molar-refractivity contribution in [2.75, 3.05) is 13.1 Å². The van der Waals surface area contributed by atoms with Gasteiger partial charge in [0.2, 0.25) is 0 Å². The zero-order chi connectivity index (χ0) is 17.3. The molecular weight excluding hydrogens is 324 g/mol. The lowest BCUT2D eigenvalue weighted by Gasteiger charge is -2.37. The van der Waals surface area contributed by atoms with Gasteiger partial charge in [0.25, 0.3) is 5.91 Å². The fraction of sp³-hybridized carbons (Fsp3) is 0.389. The van der Waals surface area contributed by atoms with E-state index in [-0.39, 0.29) is 12.5 Å². The van der Waals surface area contributed by atoms with Gasteiger partial charge in [-0.25, -0.2) is 4.98 Å². The van der Waals surface area contributed by atoms with E-state index in [2.05, 4.69) is 4.98 Å². The zero-order valence-corrected chi connectivity index (χ0v) is 14.6. The van der Waals surface area contributed by atoms with E-state index in [1.807, 2.05) is 37.3 Å². The van der Waals surface area contributed by atoms with Crippen LogP contribution in [0.25, 0.3) is 10.6 Å². The molecule has 1 amide bonds. The summed E-state index contributed by atoms with van der Waals surface area (Å²) < 4.78 is 0. The Morgan fingerprint density at radius 2 is 2.00 bits per heavy atom. The Kier molecular flexibility index (Phi) is 4.41. The Morgan fingerprint density at radius 1 is 1.29 bits per heavy atom. The van der Waals surface area contributed by atoms with Gasteiger partial charge in [0.05, 0.1) is 11.1 Å². The van der Waals surface area contributed by atoms with Crippen molar-refractivity contribution in [1.82, 2.24) is 9.88 Å². The number of aliphatic carboxylic acids is 1. The van der Waals surface area contributed by atoms with E-state index >= 15 is 0 Å². The number of nitrogens with zero attached hydrogens (tertiary/aromatic N) is 2. The van der Waals surface area contributed by atoms with Crippen LogP contribution in [0, 0.1) is 12.3 Å². The van der Waals surface area contributed by atoms with E-state index in [0.717, 1.165) is 10.6 Å². The minimum atomic E-state index is -0.866. The second-order valence-electron chi connectivity index (χ2n) is 6.50. The summed E-state index contributed by atoms with van der Waals surface area (Å²) in [6.45, 7) is 4.39. The maximum absolute atomic E-state index is 12.9. The Balaban J connectivity index is 1.85. The Hall–Kier alpha value is -2.21. The lowest BCUT2D eigenvalue weighted by atomic mass is 9.82. The number of carbonyl (C=O) groups excluding carboxylic acids is 1. The van der Waals surface area contributed by atoms with Crippen LogP contribution >= 0.6 is 11.3 Å². The number of piperidine rings is 1. The molecule has 1 saturated heterocycles. The fourth-order valence-corrected chi connectivity index (χ4v) is 4.07. The van der Waals surface area contributed by atoms with Crippen molar-refractivity contribution in [3.05, 3.63) is 40.9 Å². The van der Waals surface area contributed by atoms with E-state index in [1.54, 1.807) is 11.8 Å². The molecule has 1 atom stereocenters. The highest BCUT2D eigenvalue weighted by Gasteiger charge is 2.40. The largest absolute Gasteiger partial charge is 0.481 e. The summed E-state index contributed by atoms with van der Waals surface area (Å²) in [5.41, 5.74) is 0.819. The normalized spacial score (nSPS) is 20.8. The van der Waals surface area contributed by atoms with Crippen molar-refractivity contribution in [2.45, 2.75) is 26.7 Å². The Labute approximate surface area is 145 Å². The molecule has 0 spiro atoms. The highest BCUT2D eigenvalue weighted by molar-refractivity contribution is 7.17. The molecule has 1 N–H and O–H groups in total. The number of aryl methyl sites for hydroxylation is 1. The summed E-state index contributed by atoms with van der Waals surface area (Å²) in [7, 11) is 0. The van der Waals surface area contributed by atoms with Crippen LogP contribution < -0.4 is 0 Å². The number of rotatable bonds is 3. The molecular formula is C18H20N2O3S. The van der Waals surface area contributed by atoms with E-state index in [1.165, 1.54) is 11.3 Å². The van der Waals surface area contributed by atoms with Crippen LogP contribution in [-0.2, 0) is 4.79 Å². The second kappa shape index (κ2) is 6.36. The Bertz CT molecular complexity index is 772. The predicted molar refractivity (Wildman–Crippen MR) is 93.2 cm³/mol. The topological polar surface area (TPSA) is 70.5 Å². The first-order valence-electron chi connectivity index (χ1n) is 7.96. The van der Waals surface area contributed by atoms with E-state index in [9.17, 15) is 14.7 Å². The number of likely N-dealkylation sites (tertiary alicyclic amines) is 1. The summed E-state index contributed by atoms with van der Waals surface area (Å²) in [5, 5.41) is 10.2. The van der Waals surface area contributed by atoms with Crippen molar-refractivity contribution in [1.29, 1.82) is 0 Å². The molecule has 1 aromatic carbocycles. The summed E-state index contributed by atoms with van der Waals surface area (Å²) in [5.74, 6) is -0.953. The molecule has 2 heterocycles. The van der Waals surface area contributed by atoms with Gasteiger partial charge >= 0.3 is 5.97 Å². The minimum Gasteiger partial charge on any atom is -0.481 e. The van der Waals surface area contributed by atoms with Gasteiger partial charge in [-0.2, -0.15) is 0 Å². The van der Waals surface area contributed by atoms with Crippen molar-refractivity contribution < 1.29 is 14.7 Å². The van der Waals surface area contributed by atoms with Crippen molar-refractivity contribution in [2.24, 2.45) is 5.41 Å². The first-order chi connectivity index (χ1) is 11.4. The Morgan fingerprint density at radius 3 is 2.67 bits per heavy atom. The van der Waals surface area contributed by atoms with E-state index in [0.29, 0.717) is 30.0 Å². The molecule has 0 aliphatic carbocycles. The standard InChI is InChI=1S/C18H20N2O3S/c1-12-14(24-15(19-12)13-7-4-3-5-8-13)16(21)20-10-6-9-18(2,11-20)17(22)23/h3-5,7-8H,6,9-11H2,1-2H3,(H,22,23). The number of aromatic nitrogens is 1. The summed E-state index contributed by atoms with van der Waals surface area (Å²) in [4.78, 5) is 31.2. The number of benzene rings is 1. The molecule has 1 fully saturated rings. The average molecular weight is 344 g/mol. The summed E-state index contributed by atoms with van der Waals surface area (Å²) >= 11 is 1.37. The highest BCUT2D eigenvalue weighted by Crippen LogP contribution is 2.33. The number of carboxylic acid groups (broad SMARTS) is 1. The third-order valence-corrected chi connectivity index (χ3v) is 5.71. The second-order valence-corrected chi connectivity index (χ2v) is 7.49. The van der Waals surface area contributed by atoms with Crippen molar-refractivity contribution in [3.63, 3.8) is 0 Å². The van der Waals surface area contributed by atoms with Gasteiger partial charge in [-0.15, -0.1) is 11.3 Å². The van der Waals surface area contributed by atoms with Gasteiger partial charge < -0.3 is 10.0 Å². The molecule has 24 heavy (non-hydrogen) atoms. The smallest absolute Gasteiger partial charge is 0.311 e. The van der Waals surface area contributed by atoms with Crippen molar-refractivity contribution >= 4 is 23.2 Å². The van der Waals surface area contributed by atoms with Gasteiger partial charge in [0, 0.05) is 18.7 Å². The molecule has 1 aliphatic heterocycles. The molecule has 6 heteroatoms. The van der Waals surface area contributed by atoms with Crippen LogP contribution in [0.15, 0.2) is 30.3 Å². The quantitative estimate of drug-likeness (QED) is 0.926. The molecule has 5 nitrogen and oxygen atoms in total.